The number of benzene rings is 2. The second-order valence-electron chi connectivity index (χ2n) is 7.32. The van der Waals surface area contributed by atoms with E-state index in [1.165, 1.54) is 48.4 Å². The summed E-state index contributed by atoms with van der Waals surface area (Å²) in [6, 6.07) is 8.49. The Labute approximate surface area is 189 Å². The zero-order chi connectivity index (χ0) is 23.8. The first-order valence-electron chi connectivity index (χ1n) is 10.00. The number of nitrogens with one attached hydrogen (secondary N) is 1. The lowest BCUT2D eigenvalue weighted by Gasteiger charge is -2.28. The van der Waals surface area contributed by atoms with Crippen molar-refractivity contribution in [1.82, 2.24) is 9.97 Å². The quantitative estimate of drug-likeness (QED) is 0.418. The lowest BCUT2D eigenvalue weighted by atomic mass is 10.1. The number of halogens is 1. The van der Waals surface area contributed by atoms with Gasteiger partial charge >= 0.3 is 6.04 Å². The van der Waals surface area contributed by atoms with E-state index in [9.17, 15) is 27.5 Å². The van der Waals surface area contributed by atoms with Gasteiger partial charge in [0, 0.05) is 24.2 Å². The highest BCUT2D eigenvalue weighted by atomic mass is 32.2. The van der Waals surface area contributed by atoms with E-state index in [1.54, 1.807) is 12.1 Å². The number of sulfonamides is 1. The number of nitrogens with zero attached hydrogens (tertiary/aromatic N) is 3. The first-order chi connectivity index (χ1) is 15.7. The Hall–Kier alpha value is -3.86. The molecule has 170 valence electrons. The average molecular weight is 470 g/mol. The number of aromatic nitrogens is 2. The van der Waals surface area contributed by atoms with Crippen molar-refractivity contribution >= 4 is 33.3 Å². The fourth-order valence-corrected chi connectivity index (χ4v) is 4.04. The number of phenolic OH excluding ortho intramolecular Hbond substituents is 1. The van der Waals surface area contributed by atoms with Gasteiger partial charge in [-0.15, -0.1) is 0 Å². The van der Waals surface area contributed by atoms with Gasteiger partial charge in [0.1, 0.15) is 11.4 Å². The van der Waals surface area contributed by atoms with Crippen LogP contribution in [0.5, 0.6) is 5.75 Å². The second-order valence-corrected chi connectivity index (χ2v) is 9.33. The van der Waals surface area contributed by atoms with Gasteiger partial charge in [0.25, 0.3) is 5.91 Å². The number of anilines is 2. The molecule has 1 amide bonds. The summed E-state index contributed by atoms with van der Waals surface area (Å²) >= 11 is 0. The van der Waals surface area contributed by atoms with Crippen molar-refractivity contribution in [3.05, 3.63) is 65.6 Å². The van der Waals surface area contributed by atoms with Crippen LogP contribution >= 0.6 is 0 Å². The minimum absolute atomic E-state index is 0.0235. The third-order valence-electron chi connectivity index (χ3n) is 5.21. The lowest BCUT2D eigenvalue weighted by molar-refractivity contribution is 0.0835. The molecule has 2 aromatic carbocycles. The molecule has 2 N–H and O–H groups in total. The van der Waals surface area contributed by atoms with Crippen molar-refractivity contribution in [3.63, 3.8) is 0 Å². The second kappa shape index (κ2) is 8.58. The maximum atomic E-state index is 13.1. The summed E-state index contributed by atoms with van der Waals surface area (Å²) in [6.07, 6.45) is 1.81. The predicted octanol–water partition coefficient (Wildman–Crippen LogP) is 2.92. The van der Waals surface area contributed by atoms with Crippen LogP contribution in [0.15, 0.2) is 48.7 Å². The van der Waals surface area contributed by atoms with Gasteiger partial charge in [0.05, 0.1) is 34.6 Å². The molecule has 1 aliphatic rings. The van der Waals surface area contributed by atoms with Gasteiger partial charge in [-0.05, 0) is 37.3 Å². The van der Waals surface area contributed by atoms with Gasteiger partial charge in [-0.1, -0.05) is 12.1 Å². The topological polar surface area (TPSA) is 130 Å². The van der Waals surface area contributed by atoms with Crippen molar-refractivity contribution < 1.29 is 27.5 Å². The molecule has 0 saturated heterocycles. The SMILES string of the molecule is CCS(=O)(=O)Nc1cc(N2CCc3nc(-c4ccc(C(=O)F)cc4)cnc3C2=O)ccc1O. The summed E-state index contributed by atoms with van der Waals surface area (Å²) in [5.74, 6) is -0.841. The number of aromatic hydroxyl groups is 1. The van der Waals surface area contributed by atoms with Gasteiger partial charge in [0.2, 0.25) is 10.0 Å². The molecule has 0 spiro atoms. The van der Waals surface area contributed by atoms with Gasteiger partial charge in [0.15, 0.2) is 0 Å². The fourth-order valence-electron chi connectivity index (χ4n) is 3.40. The zero-order valence-corrected chi connectivity index (χ0v) is 18.3. The molecular weight excluding hydrogens is 451 g/mol. The molecule has 0 radical (unpaired) electrons. The van der Waals surface area contributed by atoms with Crippen molar-refractivity contribution in [2.75, 3.05) is 21.9 Å². The van der Waals surface area contributed by atoms with Crippen molar-refractivity contribution in [2.45, 2.75) is 13.3 Å². The van der Waals surface area contributed by atoms with Crippen LogP contribution in [-0.2, 0) is 16.4 Å². The molecule has 0 atom stereocenters. The maximum absolute atomic E-state index is 13.1. The molecular formula is C22H19FN4O5S. The monoisotopic (exact) mass is 470 g/mol. The largest absolute Gasteiger partial charge is 0.506 e. The van der Waals surface area contributed by atoms with Gasteiger partial charge < -0.3 is 10.0 Å². The smallest absolute Gasteiger partial charge is 0.332 e. The first kappa shape index (κ1) is 22.3. The Morgan fingerprint density at radius 1 is 1.21 bits per heavy atom. The molecule has 0 unspecified atom stereocenters. The minimum atomic E-state index is -3.62. The summed E-state index contributed by atoms with van der Waals surface area (Å²) < 4.78 is 38.9. The molecule has 11 heteroatoms. The van der Waals surface area contributed by atoms with E-state index >= 15 is 0 Å². The Kier molecular flexibility index (Phi) is 5.81. The number of phenols is 1. The van der Waals surface area contributed by atoms with Gasteiger partial charge in [-0.25, -0.2) is 18.4 Å². The Morgan fingerprint density at radius 3 is 2.61 bits per heavy atom. The van der Waals surface area contributed by atoms with Crippen LogP contribution in [-0.4, -0.2) is 47.7 Å². The van der Waals surface area contributed by atoms with E-state index in [4.69, 9.17) is 0 Å². The Morgan fingerprint density at radius 2 is 1.94 bits per heavy atom. The highest BCUT2D eigenvalue weighted by Gasteiger charge is 2.29. The highest BCUT2D eigenvalue weighted by molar-refractivity contribution is 7.92. The van der Waals surface area contributed by atoms with E-state index in [-0.39, 0.29) is 35.0 Å². The summed E-state index contributed by atoms with van der Waals surface area (Å²) in [4.78, 5) is 34.1. The molecule has 0 aliphatic carbocycles. The number of hydrogen-bond acceptors (Lipinski definition) is 7. The number of hydrogen-bond donors (Lipinski definition) is 2. The van der Waals surface area contributed by atoms with Crippen LogP contribution < -0.4 is 9.62 Å². The third kappa shape index (κ3) is 4.53. The van der Waals surface area contributed by atoms with E-state index in [0.717, 1.165) is 0 Å². The van der Waals surface area contributed by atoms with Crippen LogP contribution in [0.3, 0.4) is 0 Å². The van der Waals surface area contributed by atoms with Crippen LogP contribution in [0.4, 0.5) is 15.8 Å². The molecule has 3 aromatic rings. The Bertz CT molecular complexity index is 1360. The lowest BCUT2D eigenvalue weighted by Crippen LogP contribution is -2.39. The number of carbonyl (C=O) groups excluding carboxylic acids is 2. The number of carbonyl (C=O) groups is 2. The summed E-state index contributed by atoms with van der Waals surface area (Å²) in [6.45, 7) is 1.74. The summed E-state index contributed by atoms with van der Waals surface area (Å²) in [5.41, 5.74) is 2.06. The fraction of sp³-hybridized carbons (Fsp3) is 0.182. The minimum Gasteiger partial charge on any atom is -0.506 e. The first-order valence-corrected chi connectivity index (χ1v) is 11.7. The van der Waals surface area contributed by atoms with Gasteiger partial charge in [-0.2, -0.15) is 4.39 Å². The average Bonchev–Trinajstić information content (AvgIpc) is 2.80. The molecule has 4 rings (SSSR count). The normalized spacial score (nSPS) is 13.5. The molecule has 0 saturated carbocycles. The standard InChI is InChI=1S/C22H19FN4O5S/c1-2-33(31,32)26-17-11-15(7-8-19(17)28)27-10-9-16-20(22(27)30)24-12-18(25-16)13-3-5-14(6-4-13)21(23)29/h3-8,11-12,26,28H,2,9-10H2,1H3. The number of rotatable bonds is 6. The molecule has 9 nitrogen and oxygen atoms in total. The molecule has 2 heterocycles. The van der Waals surface area contributed by atoms with Crippen LogP contribution in [0, 0.1) is 0 Å². The molecule has 1 aromatic heterocycles. The number of amides is 1. The van der Waals surface area contributed by atoms with E-state index in [0.29, 0.717) is 29.1 Å². The summed E-state index contributed by atoms with van der Waals surface area (Å²) in [7, 11) is -3.62. The van der Waals surface area contributed by atoms with Crippen LogP contribution in [0.1, 0.15) is 33.5 Å². The van der Waals surface area contributed by atoms with Crippen molar-refractivity contribution in [3.8, 4) is 17.0 Å². The number of fused-ring (bicyclic) bond motifs is 1. The van der Waals surface area contributed by atoms with E-state index < -0.39 is 22.0 Å². The maximum Gasteiger partial charge on any atom is 0.332 e. The molecule has 0 bridgehead atoms. The molecule has 0 fully saturated rings. The van der Waals surface area contributed by atoms with Gasteiger partial charge in [-0.3, -0.25) is 14.3 Å². The highest BCUT2D eigenvalue weighted by Crippen LogP contribution is 2.32. The molecule has 33 heavy (non-hydrogen) atoms. The van der Waals surface area contributed by atoms with Crippen molar-refractivity contribution in [1.29, 1.82) is 0 Å². The third-order valence-corrected chi connectivity index (χ3v) is 6.50. The van der Waals surface area contributed by atoms with Crippen LogP contribution in [0.2, 0.25) is 0 Å². The predicted molar refractivity (Wildman–Crippen MR) is 119 cm³/mol. The van der Waals surface area contributed by atoms with E-state index in [2.05, 4.69) is 14.7 Å². The molecule has 1 aliphatic heterocycles. The van der Waals surface area contributed by atoms with E-state index in [1.807, 2.05) is 0 Å². The van der Waals surface area contributed by atoms with Crippen LogP contribution in [0.25, 0.3) is 11.3 Å². The zero-order valence-electron chi connectivity index (χ0n) is 17.4. The van der Waals surface area contributed by atoms with Crippen molar-refractivity contribution in [2.24, 2.45) is 0 Å². The summed E-state index contributed by atoms with van der Waals surface area (Å²) in [5, 5.41) is 10.0. The Balaban J connectivity index is 1.61.